The zero-order valence-corrected chi connectivity index (χ0v) is 13.7. The number of hydrogen-bond donors (Lipinski definition) is 1. The molecule has 0 aromatic heterocycles. The Bertz CT molecular complexity index is 581. The lowest BCUT2D eigenvalue weighted by atomic mass is 10.2. The lowest BCUT2D eigenvalue weighted by molar-refractivity contribution is 0.282. The van der Waals surface area contributed by atoms with Crippen molar-refractivity contribution in [1.82, 2.24) is 0 Å². The number of rotatable bonds is 9. The summed E-state index contributed by atoms with van der Waals surface area (Å²) >= 11 is 0. The summed E-state index contributed by atoms with van der Waals surface area (Å²) in [5.41, 5.74) is 2.90. The molecule has 0 aliphatic carbocycles. The number of hydrogen-bond acceptors (Lipinski definition) is 4. The van der Waals surface area contributed by atoms with E-state index >= 15 is 0 Å². The van der Waals surface area contributed by atoms with E-state index in [-0.39, 0.29) is 0 Å². The maximum atomic E-state index is 8.77. The van der Waals surface area contributed by atoms with Crippen molar-refractivity contribution in [1.29, 1.82) is 0 Å². The highest BCUT2D eigenvalue weighted by atomic mass is 16.2. The van der Waals surface area contributed by atoms with Crippen LogP contribution in [0.2, 0.25) is 0 Å². The van der Waals surface area contributed by atoms with E-state index in [0.717, 1.165) is 43.6 Å². The summed E-state index contributed by atoms with van der Waals surface area (Å²) in [7, 11) is 2.10. The SMILES string of the molecule is CN(CCCCCCO)c1ccc(N=Nc2ccccc2)cc1. The van der Waals surface area contributed by atoms with Crippen molar-refractivity contribution in [3.63, 3.8) is 0 Å². The van der Waals surface area contributed by atoms with E-state index in [1.807, 2.05) is 42.5 Å². The molecule has 0 heterocycles. The Labute approximate surface area is 138 Å². The Hall–Kier alpha value is -2.20. The van der Waals surface area contributed by atoms with Crippen molar-refractivity contribution in [2.75, 3.05) is 25.1 Å². The molecule has 0 radical (unpaired) electrons. The minimum Gasteiger partial charge on any atom is -0.396 e. The van der Waals surface area contributed by atoms with Gasteiger partial charge >= 0.3 is 0 Å². The molecule has 4 heteroatoms. The van der Waals surface area contributed by atoms with Crippen molar-refractivity contribution in [2.45, 2.75) is 25.7 Å². The minimum absolute atomic E-state index is 0.300. The summed E-state index contributed by atoms with van der Waals surface area (Å²) in [6.07, 6.45) is 4.31. The van der Waals surface area contributed by atoms with Gasteiger partial charge in [0.2, 0.25) is 0 Å². The second kappa shape index (κ2) is 9.74. The summed E-state index contributed by atoms with van der Waals surface area (Å²) in [5.74, 6) is 0. The number of benzene rings is 2. The van der Waals surface area contributed by atoms with E-state index in [4.69, 9.17) is 5.11 Å². The van der Waals surface area contributed by atoms with Crippen molar-refractivity contribution >= 4 is 17.1 Å². The van der Waals surface area contributed by atoms with Crippen LogP contribution in [0.5, 0.6) is 0 Å². The highest BCUT2D eigenvalue weighted by molar-refractivity contribution is 5.52. The molecule has 0 fully saturated rings. The van der Waals surface area contributed by atoms with Crippen molar-refractivity contribution < 1.29 is 5.11 Å². The van der Waals surface area contributed by atoms with Crippen LogP contribution < -0.4 is 4.90 Å². The number of azo groups is 1. The minimum atomic E-state index is 0.300. The molecule has 23 heavy (non-hydrogen) atoms. The molecule has 1 N–H and O–H groups in total. The van der Waals surface area contributed by atoms with Gasteiger partial charge in [0.1, 0.15) is 0 Å². The average Bonchev–Trinajstić information content (AvgIpc) is 2.61. The van der Waals surface area contributed by atoms with Crippen LogP contribution in [0.15, 0.2) is 64.8 Å². The third-order valence-electron chi connectivity index (χ3n) is 3.73. The molecule has 0 spiro atoms. The van der Waals surface area contributed by atoms with Crippen LogP contribution in [0.1, 0.15) is 25.7 Å². The molecule has 0 saturated carbocycles. The molecule has 0 aliphatic rings. The largest absolute Gasteiger partial charge is 0.396 e. The van der Waals surface area contributed by atoms with Gasteiger partial charge in [-0.05, 0) is 49.2 Å². The van der Waals surface area contributed by atoms with E-state index in [2.05, 4.69) is 34.3 Å². The predicted octanol–water partition coefficient (Wildman–Crippen LogP) is 5.09. The molecule has 0 aliphatic heterocycles. The molecule has 2 aromatic rings. The van der Waals surface area contributed by atoms with Gasteiger partial charge < -0.3 is 10.0 Å². The van der Waals surface area contributed by atoms with Gasteiger partial charge in [0.15, 0.2) is 0 Å². The number of aliphatic hydroxyl groups is 1. The first-order valence-corrected chi connectivity index (χ1v) is 8.18. The zero-order chi connectivity index (χ0) is 16.3. The smallest absolute Gasteiger partial charge is 0.0858 e. The third-order valence-corrected chi connectivity index (χ3v) is 3.73. The van der Waals surface area contributed by atoms with E-state index in [0.29, 0.717) is 6.61 Å². The van der Waals surface area contributed by atoms with E-state index in [1.54, 1.807) is 0 Å². The first kappa shape index (κ1) is 17.2. The fourth-order valence-corrected chi connectivity index (χ4v) is 2.33. The maximum absolute atomic E-state index is 8.77. The van der Waals surface area contributed by atoms with Gasteiger partial charge in [-0.15, -0.1) is 0 Å². The molecule has 2 aromatic carbocycles. The molecule has 0 amide bonds. The van der Waals surface area contributed by atoms with E-state index in [9.17, 15) is 0 Å². The zero-order valence-electron chi connectivity index (χ0n) is 13.7. The molecular weight excluding hydrogens is 286 g/mol. The van der Waals surface area contributed by atoms with Gasteiger partial charge in [-0.1, -0.05) is 31.0 Å². The standard InChI is InChI=1S/C19H25N3O/c1-22(15-7-2-3-8-16-23)19-13-11-18(12-14-19)21-20-17-9-5-4-6-10-17/h4-6,9-14,23H,2-3,7-8,15-16H2,1H3. The maximum Gasteiger partial charge on any atom is 0.0858 e. The Morgan fingerprint density at radius 1 is 0.783 bits per heavy atom. The van der Waals surface area contributed by atoms with E-state index < -0.39 is 0 Å². The Kier molecular flexibility index (Phi) is 7.27. The quantitative estimate of drug-likeness (QED) is 0.518. The van der Waals surface area contributed by atoms with Crippen LogP contribution in [0.25, 0.3) is 0 Å². The van der Waals surface area contributed by atoms with Crippen LogP contribution in [-0.4, -0.2) is 25.3 Å². The normalized spacial score (nSPS) is 11.0. The van der Waals surface area contributed by atoms with Crippen molar-refractivity contribution in [3.05, 3.63) is 54.6 Å². The molecule has 0 atom stereocenters. The first-order chi connectivity index (χ1) is 11.3. The lowest BCUT2D eigenvalue weighted by Gasteiger charge is -2.19. The second-order valence-electron chi connectivity index (χ2n) is 5.61. The number of unbranched alkanes of at least 4 members (excludes halogenated alkanes) is 3. The van der Waals surface area contributed by atoms with Gasteiger partial charge in [-0.25, -0.2) is 0 Å². The Morgan fingerprint density at radius 2 is 1.39 bits per heavy atom. The summed E-state index contributed by atoms with van der Waals surface area (Å²) in [4.78, 5) is 2.25. The van der Waals surface area contributed by atoms with Gasteiger partial charge in [0, 0.05) is 25.9 Å². The third kappa shape index (κ3) is 6.20. The molecule has 122 valence electrons. The van der Waals surface area contributed by atoms with E-state index in [1.165, 1.54) is 5.69 Å². The van der Waals surface area contributed by atoms with Crippen LogP contribution >= 0.6 is 0 Å². The molecule has 0 unspecified atom stereocenters. The second-order valence-corrected chi connectivity index (χ2v) is 5.61. The van der Waals surface area contributed by atoms with Crippen LogP contribution in [0.3, 0.4) is 0 Å². The molecule has 4 nitrogen and oxygen atoms in total. The summed E-state index contributed by atoms with van der Waals surface area (Å²) < 4.78 is 0. The first-order valence-electron chi connectivity index (χ1n) is 8.18. The fraction of sp³-hybridized carbons (Fsp3) is 0.368. The summed E-state index contributed by atoms with van der Waals surface area (Å²) in [5, 5.41) is 17.2. The van der Waals surface area contributed by atoms with Gasteiger partial charge in [0.25, 0.3) is 0 Å². The fourth-order valence-electron chi connectivity index (χ4n) is 2.33. The van der Waals surface area contributed by atoms with Crippen LogP contribution in [0.4, 0.5) is 17.1 Å². The summed E-state index contributed by atoms with van der Waals surface area (Å²) in [6.45, 7) is 1.32. The van der Waals surface area contributed by atoms with Crippen molar-refractivity contribution in [3.8, 4) is 0 Å². The number of nitrogens with zero attached hydrogens (tertiary/aromatic N) is 3. The van der Waals surface area contributed by atoms with Gasteiger partial charge in [-0.2, -0.15) is 10.2 Å². The molecule has 0 bridgehead atoms. The molecule has 2 rings (SSSR count). The predicted molar refractivity (Wildman–Crippen MR) is 95.9 cm³/mol. The highest BCUT2D eigenvalue weighted by Crippen LogP contribution is 2.21. The van der Waals surface area contributed by atoms with Gasteiger partial charge in [0.05, 0.1) is 11.4 Å². The number of aliphatic hydroxyl groups excluding tert-OH is 1. The molecular formula is C19H25N3O. The molecule has 0 saturated heterocycles. The van der Waals surface area contributed by atoms with Gasteiger partial charge in [-0.3, -0.25) is 0 Å². The van der Waals surface area contributed by atoms with Crippen LogP contribution in [-0.2, 0) is 0 Å². The van der Waals surface area contributed by atoms with Crippen molar-refractivity contribution in [2.24, 2.45) is 10.2 Å². The van der Waals surface area contributed by atoms with Crippen LogP contribution in [0, 0.1) is 0 Å². The summed E-state index contributed by atoms with van der Waals surface area (Å²) in [6, 6.07) is 17.9. The topological polar surface area (TPSA) is 48.2 Å². The average molecular weight is 311 g/mol. The number of anilines is 1. The lowest BCUT2D eigenvalue weighted by Crippen LogP contribution is -2.18. The Morgan fingerprint density at radius 3 is 2.04 bits per heavy atom. The Balaban J connectivity index is 1.83. The monoisotopic (exact) mass is 311 g/mol. The highest BCUT2D eigenvalue weighted by Gasteiger charge is 2.01.